The van der Waals surface area contributed by atoms with E-state index in [1.54, 1.807) is 61.9 Å². The van der Waals surface area contributed by atoms with Crippen molar-refractivity contribution >= 4 is 52.1 Å². The third kappa shape index (κ3) is 19.8. The molecule has 8 saturated carbocycles. The number of carbonyl (C=O) groups excluding carboxylic acids is 3. The van der Waals surface area contributed by atoms with Crippen molar-refractivity contribution in [2.75, 3.05) is 35.0 Å². The van der Waals surface area contributed by atoms with Crippen molar-refractivity contribution in [3.63, 3.8) is 0 Å². The van der Waals surface area contributed by atoms with Crippen molar-refractivity contribution in [1.82, 2.24) is 0 Å². The third-order valence-electron chi connectivity index (χ3n) is 35.0. The molecule has 14 atom stereocenters. The average molecular weight is 1690 g/mol. The van der Waals surface area contributed by atoms with Gasteiger partial charge in [0.2, 0.25) is 0 Å². The number of aliphatic hydroxyl groups is 2. The standard InChI is InChI=1S/2C23H32O.C23H34O.C15H28O2.C15H24O.C8H9O.C2Cl2O2.Li/c2*1-15-12-17(24-6)13-16-14-19-22(4)10-7-9-21(2,3)18(22)8-11-23(19,5)20(15)16;1-16-12-18(14-19(13-16)24-6)15-20-17(2)8-9-21-22(3,4)10-7-11-23(20,21)5;1-13(2)7-5-8-14(3)11(13)6-9-15(4,17)12(14)10-16;1-11-6-7-13-14(2,3)8-5-9-15(13,4)12(11)10-16;1-7-4-3-5-8(6-7)9-2;3-1(5)2(4)6;/h2*12-14,18H,7-11H2,1-6H3;12-14,21H,7-11,15H2,1-6H3;11-12,16-17H,5-10H2,1-4H3;10,13H,5-9H2,1-4H3;4-6H,1-2H3;;/q;;;;;-1;;+1/t18?,22-,23+;18?,22-,23-;21?,23-;11?,12-,14+,15-;13?,15-;;;/m00111.../s1. The molecule has 16 rings (SSSR count). The smallest absolute Gasteiger partial charge is 0.554 e. The fourth-order valence-corrected chi connectivity index (χ4v) is 29.6. The van der Waals surface area contributed by atoms with Crippen LogP contribution in [0.25, 0.3) is 12.2 Å². The summed E-state index contributed by atoms with van der Waals surface area (Å²) in [5.41, 5.74) is 25.2. The molecule has 0 aliphatic heterocycles. The zero-order valence-electron chi connectivity index (χ0n) is 81.1. The molecular weight excluding hydrogens is 1530 g/mol. The summed E-state index contributed by atoms with van der Waals surface area (Å²) in [7, 11) is 6.98. The van der Waals surface area contributed by atoms with E-state index in [1.165, 1.54) is 179 Å². The maximum absolute atomic E-state index is 11.4. The third-order valence-corrected chi connectivity index (χ3v) is 35.5. The van der Waals surface area contributed by atoms with Crippen LogP contribution < -0.4 is 37.8 Å². The summed E-state index contributed by atoms with van der Waals surface area (Å²) in [6.45, 7) is 57.2. The molecule has 5 unspecified atom stereocenters. The molecule has 12 aliphatic rings. The molecule has 0 saturated heterocycles. The molecule has 12 heteroatoms. The molecule has 12 aliphatic carbocycles. The summed E-state index contributed by atoms with van der Waals surface area (Å²) in [6, 6.07) is 24.3. The maximum atomic E-state index is 11.4. The van der Waals surface area contributed by atoms with Crippen LogP contribution in [0.5, 0.6) is 23.0 Å². The molecule has 4 aromatic rings. The summed E-state index contributed by atoms with van der Waals surface area (Å²) >= 11 is 8.98. The second-order valence-electron chi connectivity index (χ2n) is 45.1. The Bertz CT molecular complexity index is 4370. The van der Waals surface area contributed by atoms with E-state index in [1.807, 2.05) is 32.0 Å². The van der Waals surface area contributed by atoms with E-state index in [-0.39, 0.29) is 53.0 Å². The number of halogens is 2. The Kier molecular flexibility index (Phi) is 31.2. The fourth-order valence-electron chi connectivity index (χ4n) is 29.6. The summed E-state index contributed by atoms with van der Waals surface area (Å²) in [5, 5.41) is 18.0. The van der Waals surface area contributed by atoms with Crippen LogP contribution in [0.2, 0.25) is 0 Å². The second kappa shape index (κ2) is 37.8. The predicted molar refractivity (Wildman–Crippen MR) is 501 cm³/mol. The van der Waals surface area contributed by atoms with Crippen molar-refractivity contribution in [3.8, 4) is 23.0 Å². The van der Waals surface area contributed by atoms with E-state index in [9.17, 15) is 24.6 Å². The molecule has 0 radical (unpaired) electrons. The number of benzene rings is 4. The zero-order valence-corrected chi connectivity index (χ0v) is 82.6. The molecule has 2 N–H and O–H groups in total. The van der Waals surface area contributed by atoms with E-state index in [0.29, 0.717) is 55.2 Å². The summed E-state index contributed by atoms with van der Waals surface area (Å²) in [4.78, 5) is 30.2. The van der Waals surface area contributed by atoms with E-state index in [0.717, 1.165) is 84.7 Å². The molecule has 0 spiro atoms. The molecule has 664 valence electrons. The number of fused-ring (bicyclic) bond motifs is 13. The van der Waals surface area contributed by atoms with E-state index in [2.05, 4.69) is 236 Å². The first-order chi connectivity index (χ1) is 55.8. The number of hydrogen-bond donors (Lipinski definition) is 2. The molecular formula is C109H159Cl2LiO9. The Morgan fingerprint density at radius 3 is 1.23 bits per heavy atom. The number of carbonyl (C=O) groups is 3. The van der Waals surface area contributed by atoms with Crippen LogP contribution in [-0.4, -0.2) is 67.6 Å². The quantitative estimate of drug-likeness (QED) is 0.0420. The van der Waals surface area contributed by atoms with Crippen LogP contribution in [0.15, 0.2) is 94.1 Å². The Morgan fingerprint density at radius 2 is 0.818 bits per heavy atom. The van der Waals surface area contributed by atoms with Crippen LogP contribution in [0, 0.1) is 123 Å². The van der Waals surface area contributed by atoms with E-state index < -0.39 is 16.1 Å². The minimum Gasteiger partial charge on any atom is -0.554 e. The predicted octanol–water partition coefficient (Wildman–Crippen LogP) is 25.5. The Labute approximate surface area is 756 Å². The second-order valence-corrected chi connectivity index (χ2v) is 45.8. The van der Waals surface area contributed by atoms with Crippen LogP contribution >= 0.6 is 23.2 Å². The molecule has 0 bridgehead atoms. The van der Waals surface area contributed by atoms with Gasteiger partial charge in [-0.2, -0.15) is 17.7 Å². The van der Waals surface area contributed by atoms with Crippen LogP contribution in [0.4, 0.5) is 0 Å². The first-order valence-electron chi connectivity index (χ1n) is 46.4. The number of aryl methyl sites for hydroxylation is 4. The number of aldehydes is 1. The first kappa shape index (κ1) is 99.9. The van der Waals surface area contributed by atoms with Gasteiger partial charge in [-0.1, -0.05) is 203 Å². The van der Waals surface area contributed by atoms with Gasteiger partial charge in [-0.05, 0) is 370 Å². The largest absolute Gasteiger partial charge is 1.00 e. The number of methoxy groups -OCH3 is 4. The topological polar surface area (TPSA) is 129 Å². The molecule has 121 heavy (non-hydrogen) atoms. The molecule has 0 aromatic heterocycles. The Balaban J connectivity index is 0.000000166. The number of aliphatic hydroxyl groups excluding tert-OH is 1. The van der Waals surface area contributed by atoms with Crippen molar-refractivity contribution in [2.24, 2.45) is 89.7 Å². The van der Waals surface area contributed by atoms with Gasteiger partial charge in [0.05, 0.1) is 34.0 Å². The van der Waals surface area contributed by atoms with E-state index >= 15 is 0 Å². The fraction of sp³-hybridized carbons (Fsp3) is 0.679. The molecule has 8 fully saturated rings. The Hall–Kier alpha value is -4.85. The van der Waals surface area contributed by atoms with E-state index in [4.69, 9.17) is 18.9 Å². The normalized spacial score (nSPS) is 33.4. The number of allylic oxidation sites excluding steroid dienone is 6. The summed E-state index contributed by atoms with van der Waals surface area (Å²) in [6.07, 6.45) is 39.4. The minimum atomic E-state index is -1.14. The van der Waals surface area contributed by atoms with Crippen LogP contribution in [0.1, 0.15) is 349 Å². The monoisotopic (exact) mass is 1690 g/mol. The number of rotatable bonds is 9. The van der Waals surface area contributed by atoms with Gasteiger partial charge in [0, 0.05) is 29.1 Å². The van der Waals surface area contributed by atoms with Gasteiger partial charge in [0.1, 0.15) is 23.5 Å². The molecule has 9 nitrogen and oxygen atoms in total. The van der Waals surface area contributed by atoms with Crippen molar-refractivity contribution < 1.29 is 62.4 Å². The van der Waals surface area contributed by atoms with Crippen LogP contribution in [-0.2, 0) is 31.6 Å². The molecule has 4 aromatic carbocycles. The van der Waals surface area contributed by atoms with Gasteiger partial charge in [-0.3, -0.25) is 14.4 Å². The van der Waals surface area contributed by atoms with Crippen molar-refractivity contribution in [3.05, 3.63) is 150 Å². The van der Waals surface area contributed by atoms with Crippen molar-refractivity contribution in [1.29, 1.82) is 0 Å². The SMILES string of the molecule is CC1(C)CCC[C@@]2(C)C1CC[C@@](C)(O)[C@@H]2CO.CC1=C(C=O)[C@@]2(C)CCCC(C)(C)C2CC1.COc1c[c-]cc(C)c1.COc1cc(C)c2c(c1)C=C1[C@@]2(C)CCC2C(C)(C)CCC[C@]12C.COc1cc(C)c2c(c1)C=C1[C@]2(C)CCC2C(C)(C)CCC[C@]12C.COc1cc(C)cc(CC2=C(C)CCC3C(C)(C)CCC[C@]23C)c1.O=C(Cl)C(=O)Cl.[Li+]. The van der Waals surface area contributed by atoms with Gasteiger partial charge in [0.15, 0.2) is 0 Å². The Morgan fingerprint density at radius 1 is 0.438 bits per heavy atom. The van der Waals surface area contributed by atoms with Crippen molar-refractivity contribution in [2.45, 2.75) is 350 Å². The van der Waals surface area contributed by atoms with Crippen LogP contribution in [0.3, 0.4) is 0 Å². The molecule has 0 amide bonds. The zero-order chi connectivity index (χ0) is 88.9. The number of ether oxygens (including phenoxy) is 4. The first-order valence-corrected chi connectivity index (χ1v) is 47.2. The van der Waals surface area contributed by atoms with Gasteiger partial charge >= 0.3 is 29.3 Å². The summed E-state index contributed by atoms with van der Waals surface area (Å²) < 4.78 is 21.5. The van der Waals surface area contributed by atoms with Gasteiger partial charge in [-0.15, -0.1) is 12.1 Å². The van der Waals surface area contributed by atoms with Gasteiger partial charge < -0.3 is 29.2 Å². The number of hydrogen-bond acceptors (Lipinski definition) is 9. The van der Waals surface area contributed by atoms with Gasteiger partial charge in [0.25, 0.3) is 0 Å². The van der Waals surface area contributed by atoms with Gasteiger partial charge in [-0.25, -0.2) is 0 Å². The summed E-state index contributed by atoms with van der Waals surface area (Å²) in [5.74, 6) is 7.67. The average Bonchev–Trinajstić information content (AvgIpc) is 1.57. The molecule has 0 heterocycles. The maximum Gasteiger partial charge on any atom is 1.00 e. The minimum absolute atomic E-state index is 0.